The number of benzene rings is 1. The van der Waals surface area contributed by atoms with E-state index in [2.05, 4.69) is 26.0 Å². The molecule has 0 aliphatic heterocycles. The molecule has 2 nitrogen and oxygen atoms in total. The van der Waals surface area contributed by atoms with E-state index in [9.17, 15) is 4.79 Å². The van der Waals surface area contributed by atoms with Crippen molar-refractivity contribution in [2.24, 2.45) is 0 Å². The molecule has 0 saturated heterocycles. The van der Waals surface area contributed by atoms with Gasteiger partial charge < -0.3 is 9.90 Å². The standard InChI is InChI=1S/C7H14O.C7H8.C2H6O/c1-3-4-5-6-7(2)8;1-7-5-3-2-4-6-7;1-2-3/h3-6H2,1-2H3;2-6H,1H3;3H,2H2,1H3. The molecule has 1 aromatic rings. The first kappa shape index (κ1) is 19.2. The zero-order chi connectivity index (χ0) is 14.2. The van der Waals surface area contributed by atoms with Gasteiger partial charge in [-0.25, -0.2) is 0 Å². The molecule has 2 heteroatoms. The third-order valence-corrected chi connectivity index (χ3v) is 2.07. The fraction of sp³-hybridized carbons (Fsp3) is 0.562. The lowest BCUT2D eigenvalue weighted by Crippen LogP contribution is -1.87. The van der Waals surface area contributed by atoms with Gasteiger partial charge in [-0.2, -0.15) is 0 Å². The molecule has 18 heavy (non-hydrogen) atoms. The molecule has 0 unspecified atom stereocenters. The number of hydrogen-bond donors (Lipinski definition) is 1. The van der Waals surface area contributed by atoms with Crippen molar-refractivity contribution >= 4 is 5.78 Å². The van der Waals surface area contributed by atoms with Crippen molar-refractivity contribution in [2.45, 2.75) is 53.4 Å². The molecule has 0 atom stereocenters. The largest absolute Gasteiger partial charge is 0.397 e. The van der Waals surface area contributed by atoms with Crippen LogP contribution in [0.15, 0.2) is 30.3 Å². The Hall–Kier alpha value is -1.15. The molecule has 0 fully saturated rings. The summed E-state index contributed by atoms with van der Waals surface area (Å²) in [5.41, 5.74) is 1.32. The van der Waals surface area contributed by atoms with E-state index in [1.54, 1.807) is 13.8 Å². The maximum Gasteiger partial charge on any atom is 0.129 e. The van der Waals surface area contributed by atoms with Crippen LogP contribution >= 0.6 is 0 Å². The molecule has 1 N–H and O–H groups in total. The van der Waals surface area contributed by atoms with Crippen LogP contribution in [0.2, 0.25) is 0 Å². The summed E-state index contributed by atoms with van der Waals surface area (Å²) in [6.07, 6.45) is 4.24. The van der Waals surface area contributed by atoms with Gasteiger partial charge in [-0.05, 0) is 27.2 Å². The molecular formula is C16H28O2. The van der Waals surface area contributed by atoms with E-state index in [1.165, 1.54) is 18.4 Å². The van der Waals surface area contributed by atoms with Crippen molar-refractivity contribution < 1.29 is 9.90 Å². The highest BCUT2D eigenvalue weighted by Gasteiger charge is 1.89. The molecule has 0 aliphatic carbocycles. The Morgan fingerprint density at radius 2 is 1.61 bits per heavy atom. The lowest BCUT2D eigenvalue weighted by molar-refractivity contribution is -0.117. The fourth-order valence-electron chi connectivity index (χ4n) is 1.16. The minimum Gasteiger partial charge on any atom is -0.397 e. The van der Waals surface area contributed by atoms with Gasteiger partial charge in [0, 0.05) is 13.0 Å². The van der Waals surface area contributed by atoms with Crippen molar-refractivity contribution in [1.29, 1.82) is 0 Å². The average Bonchev–Trinajstić information content (AvgIpc) is 2.32. The highest BCUT2D eigenvalue weighted by atomic mass is 16.2. The highest BCUT2D eigenvalue weighted by molar-refractivity contribution is 5.75. The van der Waals surface area contributed by atoms with Crippen molar-refractivity contribution in [3.05, 3.63) is 35.9 Å². The number of carbonyl (C=O) groups is 1. The third-order valence-electron chi connectivity index (χ3n) is 2.07. The first-order valence-corrected chi connectivity index (χ1v) is 6.70. The summed E-state index contributed by atoms with van der Waals surface area (Å²) in [5, 5.41) is 7.57. The SMILES string of the molecule is CCCCCC(C)=O.CCO.Cc1ccccc1. The van der Waals surface area contributed by atoms with E-state index in [4.69, 9.17) is 5.11 Å². The van der Waals surface area contributed by atoms with Crippen molar-refractivity contribution in [3.63, 3.8) is 0 Å². The number of aryl methyl sites for hydroxylation is 1. The zero-order valence-corrected chi connectivity index (χ0v) is 12.3. The predicted molar refractivity (Wildman–Crippen MR) is 78.8 cm³/mol. The van der Waals surface area contributed by atoms with Crippen LogP contribution in [0.25, 0.3) is 0 Å². The number of ketones is 1. The average molecular weight is 252 g/mol. The maximum atomic E-state index is 10.3. The van der Waals surface area contributed by atoms with E-state index < -0.39 is 0 Å². The van der Waals surface area contributed by atoms with E-state index >= 15 is 0 Å². The Bertz CT molecular complexity index is 268. The second-order valence-corrected chi connectivity index (χ2v) is 4.13. The van der Waals surface area contributed by atoms with Gasteiger partial charge >= 0.3 is 0 Å². The summed E-state index contributed by atoms with van der Waals surface area (Å²) in [5.74, 6) is 0.318. The molecule has 0 aliphatic rings. The van der Waals surface area contributed by atoms with E-state index in [0.717, 1.165) is 12.8 Å². The van der Waals surface area contributed by atoms with Gasteiger partial charge in [-0.1, -0.05) is 55.7 Å². The Labute approximate surface area is 112 Å². The van der Waals surface area contributed by atoms with Gasteiger partial charge in [0.25, 0.3) is 0 Å². The van der Waals surface area contributed by atoms with Gasteiger partial charge in [0.05, 0.1) is 0 Å². The molecular weight excluding hydrogens is 224 g/mol. The highest BCUT2D eigenvalue weighted by Crippen LogP contribution is 1.98. The second kappa shape index (κ2) is 15.9. The van der Waals surface area contributed by atoms with Crippen LogP contribution in [0.5, 0.6) is 0 Å². The molecule has 0 heterocycles. The summed E-state index contributed by atoms with van der Waals surface area (Å²) in [7, 11) is 0. The number of unbranched alkanes of at least 4 members (excludes halogenated alkanes) is 2. The van der Waals surface area contributed by atoms with E-state index in [1.807, 2.05) is 18.2 Å². The monoisotopic (exact) mass is 252 g/mol. The Morgan fingerprint density at radius 1 is 1.11 bits per heavy atom. The van der Waals surface area contributed by atoms with Gasteiger partial charge in [0.1, 0.15) is 5.78 Å². The number of hydrogen-bond acceptors (Lipinski definition) is 2. The van der Waals surface area contributed by atoms with Gasteiger partial charge in [0.2, 0.25) is 0 Å². The summed E-state index contributed by atoms with van der Waals surface area (Å²) < 4.78 is 0. The molecule has 0 saturated carbocycles. The van der Waals surface area contributed by atoms with Crippen LogP contribution in [-0.4, -0.2) is 17.5 Å². The van der Waals surface area contributed by atoms with Crippen LogP contribution in [0, 0.1) is 6.92 Å². The molecule has 0 bridgehead atoms. The van der Waals surface area contributed by atoms with Crippen molar-refractivity contribution in [1.82, 2.24) is 0 Å². The lowest BCUT2D eigenvalue weighted by Gasteiger charge is -1.90. The fourth-order valence-corrected chi connectivity index (χ4v) is 1.16. The number of aliphatic hydroxyl groups excluding tert-OH is 1. The van der Waals surface area contributed by atoms with Crippen LogP contribution in [-0.2, 0) is 4.79 Å². The molecule has 0 amide bonds. The number of Topliss-reactive ketones (excluding diaryl/α,β-unsaturated/α-hetero) is 1. The van der Waals surface area contributed by atoms with Crippen LogP contribution < -0.4 is 0 Å². The van der Waals surface area contributed by atoms with Crippen LogP contribution in [0.1, 0.15) is 52.0 Å². The summed E-state index contributed by atoms with van der Waals surface area (Å²) in [4.78, 5) is 10.3. The number of carbonyl (C=O) groups excluding carboxylic acids is 1. The minimum atomic E-state index is 0.250. The van der Waals surface area contributed by atoms with Crippen molar-refractivity contribution in [2.75, 3.05) is 6.61 Å². The molecule has 1 rings (SSSR count). The lowest BCUT2D eigenvalue weighted by atomic mass is 10.2. The normalized spacial score (nSPS) is 8.50. The van der Waals surface area contributed by atoms with E-state index in [-0.39, 0.29) is 6.61 Å². The Balaban J connectivity index is 0. The topological polar surface area (TPSA) is 37.3 Å². The summed E-state index contributed by atoms with van der Waals surface area (Å²) >= 11 is 0. The molecule has 1 aromatic carbocycles. The van der Waals surface area contributed by atoms with Crippen LogP contribution in [0.3, 0.4) is 0 Å². The van der Waals surface area contributed by atoms with Gasteiger partial charge in [0.15, 0.2) is 0 Å². The number of rotatable bonds is 4. The number of aliphatic hydroxyl groups is 1. The molecule has 0 aromatic heterocycles. The van der Waals surface area contributed by atoms with Gasteiger partial charge in [-0.15, -0.1) is 0 Å². The Morgan fingerprint density at radius 3 is 1.89 bits per heavy atom. The predicted octanol–water partition coefficient (Wildman–Crippen LogP) is 4.15. The molecule has 0 spiro atoms. The van der Waals surface area contributed by atoms with Gasteiger partial charge in [-0.3, -0.25) is 0 Å². The quantitative estimate of drug-likeness (QED) is 0.817. The third kappa shape index (κ3) is 20.3. The second-order valence-electron chi connectivity index (χ2n) is 4.13. The maximum absolute atomic E-state index is 10.3. The Kier molecular flexibility index (Phi) is 16.9. The smallest absolute Gasteiger partial charge is 0.129 e. The van der Waals surface area contributed by atoms with E-state index in [0.29, 0.717) is 5.78 Å². The first-order valence-electron chi connectivity index (χ1n) is 6.70. The summed E-state index contributed by atoms with van der Waals surface area (Å²) in [6.45, 7) is 7.80. The minimum absolute atomic E-state index is 0.250. The molecule has 0 radical (unpaired) electrons. The zero-order valence-electron chi connectivity index (χ0n) is 12.3. The van der Waals surface area contributed by atoms with Crippen molar-refractivity contribution in [3.8, 4) is 0 Å². The molecule has 104 valence electrons. The first-order chi connectivity index (χ1) is 8.58. The van der Waals surface area contributed by atoms with Crippen LogP contribution in [0.4, 0.5) is 0 Å². The summed E-state index contributed by atoms with van der Waals surface area (Å²) in [6, 6.07) is 10.3.